The SMILES string of the molecule is COc1ccc(C)cc1C(=O)Nc1c(C)ccc(N)c1C. The lowest BCUT2D eigenvalue weighted by Gasteiger charge is -2.15. The highest BCUT2D eigenvalue weighted by Crippen LogP contribution is 2.27. The van der Waals surface area contributed by atoms with Crippen molar-refractivity contribution in [1.82, 2.24) is 0 Å². The van der Waals surface area contributed by atoms with Crippen molar-refractivity contribution in [3.05, 3.63) is 52.6 Å². The molecule has 110 valence electrons. The van der Waals surface area contributed by atoms with E-state index in [4.69, 9.17) is 10.5 Å². The van der Waals surface area contributed by atoms with Crippen LogP contribution in [0.5, 0.6) is 5.75 Å². The normalized spacial score (nSPS) is 10.3. The number of carbonyl (C=O) groups is 1. The van der Waals surface area contributed by atoms with E-state index in [0.29, 0.717) is 17.0 Å². The Bertz CT molecular complexity index is 693. The summed E-state index contributed by atoms with van der Waals surface area (Å²) in [6, 6.07) is 9.25. The van der Waals surface area contributed by atoms with E-state index in [0.717, 1.165) is 22.4 Å². The van der Waals surface area contributed by atoms with Crippen LogP contribution in [0.1, 0.15) is 27.0 Å². The molecule has 21 heavy (non-hydrogen) atoms. The Hall–Kier alpha value is -2.49. The second kappa shape index (κ2) is 5.87. The molecule has 0 aliphatic heterocycles. The van der Waals surface area contributed by atoms with Gasteiger partial charge in [0.1, 0.15) is 5.75 Å². The molecule has 0 saturated carbocycles. The summed E-state index contributed by atoms with van der Waals surface area (Å²) in [5.74, 6) is 0.352. The minimum Gasteiger partial charge on any atom is -0.496 e. The van der Waals surface area contributed by atoms with Crippen LogP contribution in [0, 0.1) is 20.8 Å². The van der Waals surface area contributed by atoms with Gasteiger partial charge in [0, 0.05) is 11.4 Å². The summed E-state index contributed by atoms with van der Waals surface area (Å²) < 4.78 is 5.26. The van der Waals surface area contributed by atoms with Crippen molar-refractivity contribution in [1.29, 1.82) is 0 Å². The molecule has 0 radical (unpaired) electrons. The number of carbonyl (C=O) groups excluding carboxylic acids is 1. The third-order valence-corrected chi connectivity index (χ3v) is 3.55. The summed E-state index contributed by atoms with van der Waals surface area (Å²) >= 11 is 0. The third kappa shape index (κ3) is 2.99. The molecular weight excluding hydrogens is 264 g/mol. The van der Waals surface area contributed by atoms with Crippen molar-refractivity contribution in [2.75, 3.05) is 18.2 Å². The first-order chi connectivity index (χ1) is 9.93. The number of nitrogens with one attached hydrogen (secondary N) is 1. The summed E-state index contributed by atoms with van der Waals surface area (Å²) in [5.41, 5.74) is 10.7. The van der Waals surface area contributed by atoms with Crippen molar-refractivity contribution in [2.24, 2.45) is 0 Å². The number of benzene rings is 2. The summed E-state index contributed by atoms with van der Waals surface area (Å²) in [4.78, 5) is 12.5. The highest BCUT2D eigenvalue weighted by Gasteiger charge is 2.15. The van der Waals surface area contributed by atoms with Crippen molar-refractivity contribution >= 4 is 17.3 Å². The van der Waals surface area contributed by atoms with Gasteiger partial charge >= 0.3 is 0 Å². The largest absolute Gasteiger partial charge is 0.496 e. The topological polar surface area (TPSA) is 64.3 Å². The fourth-order valence-corrected chi connectivity index (χ4v) is 2.24. The van der Waals surface area contributed by atoms with Gasteiger partial charge in [-0.15, -0.1) is 0 Å². The predicted octanol–water partition coefficient (Wildman–Crippen LogP) is 3.45. The number of methoxy groups -OCH3 is 1. The number of anilines is 2. The molecule has 0 fully saturated rings. The summed E-state index contributed by atoms with van der Waals surface area (Å²) in [6.07, 6.45) is 0. The van der Waals surface area contributed by atoms with Crippen LogP contribution < -0.4 is 15.8 Å². The molecule has 0 aliphatic carbocycles. The number of aryl methyl sites for hydroxylation is 2. The van der Waals surface area contributed by atoms with E-state index in [2.05, 4.69) is 5.32 Å². The van der Waals surface area contributed by atoms with Gasteiger partial charge in [-0.3, -0.25) is 4.79 Å². The predicted molar refractivity (Wildman–Crippen MR) is 86.0 cm³/mol. The van der Waals surface area contributed by atoms with Crippen LogP contribution in [0.2, 0.25) is 0 Å². The molecule has 2 aromatic carbocycles. The molecule has 1 amide bonds. The van der Waals surface area contributed by atoms with Crippen LogP contribution in [0.4, 0.5) is 11.4 Å². The van der Waals surface area contributed by atoms with Crippen LogP contribution in [0.3, 0.4) is 0 Å². The monoisotopic (exact) mass is 284 g/mol. The summed E-state index contributed by atoms with van der Waals surface area (Å²) in [7, 11) is 1.55. The Kier molecular flexibility index (Phi) is 4.17. The zero-order valence-electron chi connectivity index (χ0n) is 12.8. The first-order valence-corrected chi connectivity index (χ1v) is 6.75. The summed E-state index contributed by atoms with van der Waals surface area (Å²) in [5, 5.41) is 2.94. The van der Waals surface area contributed by atoms with Crippen molar-refractivity contribution in [2.45, 2.75) is 20.8 Å². The number of hydrogen-bond donors (Lipinski definition) is 2. The van der Waals surface area contributed by atoms with Crippen molar-refractivity contribution in [3.8, 4) is 5.75 Å². The molecule has 2 rings (SSSR count). The Balaban J connectivity index is 2.39. The first kappa shape index (κ1) is 14.9. The maximum absolute atomic E-state index is 12.5. The zero-order valence-corrected chi connectivity index (χ0v) is 12.8. The lowest BCUT2D eigenvalue weighted by molar-refractivity contribution is 0.102. The fourth-order valence-electron chi connectivity index (χ4n) is 2.24. The van der Waals surface area contributed by atoms with Gasteiger partial charge in [0.25, 0.3) is 5.91 Å². The molecule has 0 aromatic heterocycles. The van der Waals surface area contributed by atoms with E-state index < -0.39 is 0 Å². The maximum atomic E-state index is 12.5. The van der Waals surface area contributed by atoms with E-state index in [1.165, 1.54) is 0 Å². The van der Waals surface area contributed by atoms with Crippen molar-refractivity contribution in [3.63, 3.8) is 0 Å². The number of nitrogen functional groups attached to an aromatic ring is 1. The van der Waals surface area contributed by atoms with Crippen LogP contribution >= 0.6 is 0 Å². The number of nitrogens with two attached hydrogens (primary N) is 1. The lowest BCUT2D eigenvalue weighted by Crippen LogP contribution is -2.15. The quantitative estimate of drug-likeness (QED) is 0.848. The van der Waals surface area contributed by atoms with E-state index in [1.807, 2.05) is 45.0 Å². The summed E-state index contributed by atoms with van der Waals surface area (Å²) in [6.45, 7) is 5.77. The van der Waals surface area contributed by atoms with Gasteiger partial charge in [0.05, 0.1) is 12.7 Å². The molecule has 2 aromatic rings. The highest BCUT2D eigenvalue weighted by atomic mass is 16.5. The highest BCUT2D eigenvalue weighted by molar-refractivity contribution is 6.07. The van der Waals surface area contributed by atoms with Gasteiger partial charge in [0.2, 0.25) is 0 Å². The van der Waals surface area contributed by atoms with Gasteiger partial charge in [-0.1, -0.05) is 17.7 Å². The first-order valence-electron chi connectivity index (χ1n) is 6.75. The molecule has 4 heteroatoms. The van der Waals surface area contributed by atoms with Gasteiger partial charge in [-0.25, -0.2) is 0 Å². The van der Waals surface area contributed by atoms with Crippen LogP contribution in [-0.2, 0) is 0 Å². The number of amides is 1. The van der Waals surface area contributed by atoms with E-state index >= 15 is 0 Å². The van der Waals surface area contributed by atoms with Crippen LogP contribution in [-0.4, -0.2) is 13.0 Å². The second-order valence-corrected chi connectivity index (χ2v) is 5.13. The lowest BCUT2D eigenvalue weighted by atomic mass is 10.1. The Labute approximate surface area is 124 Å². The Morgan fingerprint density at radius 3 is 2.52 bits per heavy atom. The van der Waals surface area contributed by atoms with Gasteiger partial charge in [-0.05, 0) is 50.1 Å². The molecule has 0 spiro atoms. The van der Waals surface area contributed by atoms with Crippen LogP contribution in [0.25, 0.3) is 0 Å². The fraction of sp³-hybridized carbons (Fsp3) is 0.235. The minimum absolute atomic E-state index is 0.202. The molecular formula is C17H20N2O2. The molecule has 4 nitrogen and oxygen atoms in total. The molecule has 0 unspecified atom stereocenters. The van der Waals surface area contributed by atoms with Gasteiger partial charge in [-0.2, -0.15) is 0 Å². The molecule has 0 bridgehead atoms. The number of hydrogen-bond acceptors (Lipinski definition) is 3. The molecule has 0 atom stereocenters. The van der Waals surface area contributed by atoms with Gasteiger partial charge < -0.3 is 15.8 Å². The van der Waals surface area contributed by atoms with E-state index in [-0.39, 0.29) is 5.91 Å². The molecule has 0 heterocycles. The zero-order chi connectivity index (χ0) is 15.6. The number of ether oxygens (including phenoxy) is 1. The average Bonchev–Trinajstić information content (AvgIpc) is 2.47. The average molecular weight is 284 g/mol. The van der Waals surface area contributed by atoms with E-state index in [9.17, 15) is 4.79 Å². The van der Waals surface area contributed by atoms with Crippen molar-refractivity contribution < 1.29 is 9.53 Å². The minimum atomic E-state index is -0.202. The smallest absolute Gasteiger partial charge is 0.259 e. The molecule has 0 aliphatic rings. The molecule has 0 saturated heterocycles. The standard InChI is InChI=1S/C17H20N2O2/c1-10-5-8-15(21-4)13(9-10)17(20)19-16-11(2)6-7-14(18)12(16)3/h5-9H,18H2,1-4H3,(H,19,20). The second-order valence-electron chi connectivity index (χ2n) is 5.13. The maximum Gasteiger partial charge on any atom is 0.259 e. The number of rotatable bonds is 3. The Morgan fingerprint density at radius 1 is 1.14 bits per heavy atom. The van der Waals surface area contributed by atoms with Crippen LogP contribution in [0.15, 0.2) is 30.3 Å². The van der Waals surface area contributed by atoms with E-state index in [1.54, 1.807) is 13.2 Å². The van der Waals surface area contributed by atoms with Gasteiger partial charge in [0.15, 0.2) is 0 Å². The Morgan fingerprint density at radius 2 is 1.86 bits per heavy atom. The third-order valence-electron chi connectivity index (χ3n) is 3.55. The molecule has 3 N–H and O–H groups in total.